The number of carbonyl (C=O) groups is 2. The van der Waals surface area contributed by atoms with Crippen LogP contribution in [0.3, 0.4) is 0 Å². The zero-order chi connectivity index (χ0) is 13.2. The Labute approximate surface area is 101 Å². The number of hydrogen-bond donors (Lipinski definition) is 3. The van der Waals surface area contributed by atoms with Gasteiger partial charge in [0, 0.05) is 24.9 Å². The van der Waals surface area contributed by atoms with Crippen molar-refractivity contribution in [3.63, 3.8) is 0 Å². The minimum Gasteiger partial charge on any atom is -0.391 e. The van der Waals surface area contributed by atoms with Crippen molar-refractivity contribution < 1.29 is 14.7 Å². The maximum absolute atomic E-state index is 11.9. The number of aliphatic hydroxyl groups is 1. The average molecular weight is 243 g/mol. The van der Waals surface area contributed by atoms with Crippen molar-refractivity contribution in [2.75, 3.05) is 6.54 Å². The van der Waals surface area contributed by atoms with Crippen LogP contribution in [-0.2, 0) is 9.59 Å². The molecule has 0 aromatic heterocycles. The number of primary amides is 1. The van der Waals surface area contributed by atoms with Crippen LogP contribution in [0, 0.1) is 0 Å². The average Bonchev–Trinajstić information content (AvgIpc) is 2.55. The number of nitrogens with two attached hydrogens (primary N) is 2. The molecule has 0 radical (unpaired) electrons. The molecule has 1 saturated heterocycles. The zero-order valence-electron chi connectivity index (χ0n) is 10.3. The lowest BCUT2D eigenvalue weighted by atomic mass is 9.99. The van der Waals surface area contributed by atoms with E-state index in [2.05, 4.69) is 0 Å². The standard InChI is InChI=1S/C11H21N3O3/c1-11(2,13)4-3-9(16)14-6-7(15)5-8(14)10(12)17/h7-8,15H,3-6,13H2,1-2H3,(H2,12,17). The largest absolute Gasteiger partial charge is 0.391 e. The quantitative estimate of drug-likeness (QED) is 0.585. The summed E-state index contributed by atoms with van der Waals surface area (Å²) in [5.74, 6) is -0.745. The molecule has 1 fully saturated rings. The Morgan fingerprint density at radius 1 is 1.47 bits per heavy atom. The highest BCUT2D eigenvalue weighted by molar-refractivity contribution is 5.87. The van der Waals surface area contributed by atoms with Gasteiger partial charge in [0.05, 0.1) is 6.10 Å². The van der Waals surface area contributed by atoms with Crippen LogP contribution in [0.1, 0.15) is 33.1 Å². The predicted octanol–water partition coefficient (Wildman–Crippen LogP) is -1.05. The molecule has 6 heteroatoms. The van der Waals surface area contributed by atoms with E-state index in [1.54, 1.807) is 0 Å². The first kappa shape index (κ1) is 13.9. The number of carbonyl (C=O) groups excluding carboxylic acids is 2. The summed E-state index contributed by atoms with van der Waals surface area (Å²) in [7, 11) is 0. The van der Waals surface area contributed by atoms with E-state index in [0.29, 0.717) is 6.42 Å². The van der Waals surface area contributed by atoms with E-state index in [1.807, 2.05) is 13.8 Å². The molecule has 98 valence electrons. The molecule has 2 amide bonds. The maximum Gasteiger partial charge on any atom is 0.240 e. The summed E-state index contributed by atoms with van der Waals surface area (Å²) in [5.41, 5.74) is 10.6. The number of aliphatic hydroxyl groups excluding tert-OH is 1. The Hall–Kier alpha value is -1.14. The first-order valence-electron chi connectivity index (χ1n) is 5.76. The van der Waals surface area contributed by atoms with E-state index >= 15 is 0 Å². The number of rotatable bonds is 4. The second-order valence-electron chi connectivity index (χ2n) is 5.34. The van der Waals surface area contributed by atoms with Gasteiger partial charge in [0.1, 0.15) is 6.04 Å². The summed E-state index contributed by atoms with van der Waals surface area (Å²) in [6, 6.07) is -0.682. The summed E-state index contributed by atoms with van der Waals surface area (Å²) in [6.07, 6.45) is 0.360. The number of amides is 2. The number of β-amino-alcohol motifs (C(OH)–C–C–N with tert-alkyl or cyclic N) is 1. The summed E-state index contributed by atoms with van der Waals surface area (Å²) in [4.78, 5) is 24.4. The molecule has 6 nitrogen and oxygen atoms in total. The highest BCUT2D eigenvalue weighted by Gasteiger charge is 2.37. The van der Waals surface area contributed by atoms with Gasteiger partial charge in [0.25, 0.3) is 0 Å². The van der Waals surface area contributed by atoms with Crippen molar-refractivity contribution in [1.82, 2.24) is 4.90 Å². The molecule has 0 spiro atoms. The molecule has 0 aromatic carbocycles. The van der Waals surface area contributed by atoms with Gasteiger partial charge >= 0.3 is 0 Å². The summed E-state index contributed by atoms with van der Waals surface area (Å²) >= 11 is 0. The third kappa shape index (κ3) is 3.98. The van der Waals surface area contributed by atoms with Crippen LogP contribution in [0.5, 0.6) is 0 Å². The fourth-order valence-electron chi connectivity index (χ4n) is 1.93. The number of hydrogen-bond acceptors (Lipinski definition) is 4. The van der Waals surface area contributed by atoms with Crippen LogP contribution in [0.25, 0.3) is 0 Å². The molecular formula is C11H21N3O3. The highest BCUT2D eigenvalue weighted by Crippen LogP contribution is 2.20. The van der Waals surface area contributed by atoms with Gasteiger partial charge in [-0.05, 0) is 20.3 Å². The van der Waals surface area contributed by atoms with E-state index in [1.165, 1.54) is 4.90 Å². The Balaban J connectivity index is 2.59. The molecule has 0 saturated carbocycles. The minimum absolute atomic E-state index is 0.177. The minimum atomic E-state index is -0.682. The monoisotopic (exact) mass is 243 g/mol. The normalized spacial score (nSPS) is 25.1. The van der Waals surface area contributed by atoms with Gasteiger partial charge in [-0.15, -0.1) is 0 Å². The Kier molecular flexibility index (Phi) is 4.11. The Morgan fingerprint density at radius 2 is 2.06 bits per heavy atom. The second-order valence-corrected chi connectivity index (χ2v) is 5.34. The van der Waals surface area contributed by atoms with Crippen LogP contribution >= 0.6 is 0 Å². The lowest BCUT2D eigenvalue weighted by Crippen LogP contribution is -2.44. The fraction of sp³-hybridized carbons (Fsp3) is 0.818. The van der Waals surface area contributed by atoms with E-state index in [0.717, 1.165) is 0 Å². The first-order valence-corrected chi connectivity index (χ1v) is 5.76. The highest BCUT2D eigenvalue weighted by atomic mass is 16.3. The van der Waals surface area contributed by atoms with Crippen molar-refractivity contribution in [2.24, 2.45) is 11.5 Å². The topological polar surface area (TPSA) is 110 Å². The van der Waals surface area contributed by atoms with Crippen LogP contribution in [0.15, 0.2) is 0 Å². The molecule has 1 rings (SSSR count). The van der Waals surface area contributed by atoms with Crippen LogP contribution in [0.2, 0.25) is 0 Å². The molecule has 0 bridgehead atoms. The van der Waals surface area contributed by atoms with Crippen molar-refractivity contribution in [3.05, 3.63) is 0 Å². The summed E-state index contributed by atoms with van der Waals surface area (Å²) in [5, 5.41) is 9.47. The lowest BCUT2D eigenvalue weighted by molar-refractivity contribution is -0.137. The van der Waals surface area contributed by atoms with E-state index in [9.17, 15) is 14.7 Å². The number of likely N-dealkylation sites (tertiary alicyclic amines) is 1. The molecular weight excluding hydrogens is 222 g/mol. The lowest BCUT2D eigenvalue weighted by Gasteiger charge is -2.24. The van der Waals surface area contributed by atoms with Crippen LogP contribution < -0.4 is 11.5 Å². The van der Waals surface area contributed by atoms with Crippen molar-refractivity contribution >= 4 is 11.8 Å². The Bertz CT molecular complexity index is 312. The summed E-state index contributed by atoms with van der Waals surface area (Å²) < 4.78 is 0. The van der Waals surface area contributed by atoms with E-state index in [4.69, 9.17) is 11.5 Å². The van der Waals surface area contributed by atoms with E-state index < -0.39 is 23.6 Å². The van der Waals surface area contributed by atoms with Crippen molar-refractivity contribution in [3.8, 4) is 0 Å². The molecule has 2 atom stereocenters. The summed E-state index contributed by atoms with van der Waals surface area (Å²) in [6.45, 7) is 3.85. The molecule has 1 heterocycles. The van der Waals surface area contributed by atoms with Crippen molar-refractivity contribution in [1.29, 1.82) is 0 Å². The molecule has 1 aliphatic heterocycles. The molecule has 1 aliphatic rings. The van der Waals surface area contributed by atoms with Gasteiger partial charge in [0.2, 0.25) is 11.8 Å². The first-order chi connectivity index (χ1) is 7.70. The SMILES string of the molecule is CC(C)(N)CCC(=O)N1CC(O)CC1C(N)=O. The predicted molar refractivity (Wildman–Crippen MR) is 62.8 cm³/mol. The van der Waals surface area contributed by atoms with Gasteiger partial charge in [-0.2, -0.15) is 0 Å². The third-order valence-corrected chi connectivity index (χ3v) is 2.91. The van der Waals surface area contributed by atoms with Gasteiger partial charge in [-0.25, -0.2) is 0 Å². The molecule has 17 heavy (non-hydrogen) atoms. The van der Waals surface area contributed by atoms with Crippen molar-refractivity contribution in [2.45, 2.75) is 50.8 Å². The third-order valence-electron chi connectivity index (χ3n) is 2.91. The number of nitrogens with zero attached hydrogens (tertiary/aromatic N) is 1. The smallest absolute Gasteiger partial charge is 0.240 e. The van der Waals surface area contributed by atoms with Gasteiger partial charge in [-0.3, -0.25) is 9.59 Å². The Morgan fingerprint density at radius 3 is 2.53 bits per heavy atom. The zero-order valence-corrected chi connectivity index (χ0v) is 10.3. The van der Waals surface area contributed by atoms with Crippen LogP contribution in [-0.4, -0.2) is 46.1 Å². The van der Waals surface area contributed by atoms with Gasteiger partial charge in [0.15, 0.2) is 0 Å². The van der Waals surface area contributed by atoms with Gasteiger partial charge < -0.3 is 21.5 Å². The second kappa shape index (κ2) is 5.01. The molecule has 0 aromatic rings. The molecule has 0 aliphatic carbocycles. The molecule has 5 N–H and O–H groups in total. The van der Waals surface area contributed by atoms with Gasteiger partial charge in [-0.1, -0.05) is 0 Å². The van der Waals surface area contributed by atoms with Crippen LogP contribution in [0.4, 0.5) is 0 Å². The van der Waals surface area contributed by atoms with E-state index in [-0.39, 0.29) is 25.3 Å². The maximum atomic E-state index is 11.9. The molecule has 2 unspecified atom stereocenters. The fourth-order valence-corrected chi connectivity index (χ4v) is 1.93.